The van der Waals surface area contributed by atoms with Gasteiger partial charge in [-0.2, -0.15) is 0 Å². The van der Waals surface area contributed by atoms with Crippen LogP contribution >= 0.6 is 11.0 Å². The van der Waals surface area contributed by atoms with Crippen molar-refractivity contribution in [1.82, 2.24) is 4.90 Å². The first kappa shape index (κ1) is 23.3. The molecule has 10 heteroatoms. The summed E-state index contributed by atoms with van der Waals surface area (Å²) in [5.74, 6) is 1.39. The number of hydrogen-bond donors (Lipinski definition) is 4. The van der Waals surface area contributed by atoms with Crippen molar-refractivity contribution in [3.8, 4) is 5.75 Å². The molecule has 8 nitrogen and oxygen atoms in total. The van der Waals surface area contributed by atoms with Crippen LogP contribution in [0.2, 0.25) is 0 Å². The van der Waals surface area contributed by atoms with Crippen LogP contribution in [0, 0.1) is 11.8 Å². The molecule has 0 spiro atoms. The molecule has 1 unspecified atom stereocenters. The number of hydrogen-bond acceptors (Lipinski definition) is 7. The molecule has 3 rings (SSSR count). The second-order valence-corrected chi connectivity index (χ2v) is 8.96. The number of piperidine rings is 1. The smallest absolute Gasteiger partial charge is 1.00 e. The molecule has 0 aromatic heterocycles. The molecule has 0 aliphatic carbocycles. The fraction of sp³-hybridized carbons (Fsp3) is 0.556. The van der Waals surface area contributed by atoms with Crippen LogP contribution in [0.1, 0.15) is 40.1 Å². The van der Waals surface area contributed by atoms with Crippen LogP contribution in [-0.4, -0.2) is 45.4 Å². The predicted octanol–water partition coefficient (Wildman–Crippen LogP) is 0.178. The van der Waals surface area contributed by atoms with Crippen molar-refractivity contribution >= 4 is 28.4 Å². The van der Waals surface area contributed by atoms with Gasteiger partial charge in [0.1, 0.15) is 5.75 Å². The van der Waals surface area contributed by atoms with E-state index < -0.39 is 11.0 Å². The molecule has 5 N–H and O–H groups in total. The molecule has 1 aromatic carbocycles. The zero-order chi connectivity index (χ0) is 19.6. The summed E-state index contributed by atoms with van der Waals surface area (Å²) in [6.45, 7) is 6.07. The SMILES string of the molecule is CC(C)CC(=O)N1CCCC(COc2cccc3c2C(N)=NS(O)(O)N3)C1.[H-].[Na+]. The molecule has 1 fully saturated rings. The largest absolute Gasteiger partial charge is 1.00 e. The average Bonchev–Trinajstić information content (AvgIpc) is 2.58. The summed E-state index contributed by atoms with van der Waals surface area (Å²) in [7, 11) is -3.31. The van der Waals surface area contributed by atoms with Crippen LogP contribution in [0.3, 0.4) is 0 Å². The van der Waals surface area contributed by atoms with Gasteiger partial charge in [0, 0.05) is 25.4 Å². The standard InChI is InChI=1S/C18H28N4O4S.Na.H/c1-12(2)9-16(23)22-8-4-5-13(10-22)11-26-15-7-3-6-14-17(15)18(19)21-27(24,25)20-14;;/h3,6-7,12-13,20,24-25H,4-5,8-11H2,1-2H3,(H2,19,21);;/q;+1;-1. The zero-order valence-corrected chi connectivity index (χ0v) is 19.5. The molecule has 28 heavy (non-hydrogen) atoms. The topological polar surface area (TPSA) is 120 Å². The van der Waals surface area contributed by atoms with E-state index in [-0.39, 0.29) is 48.6 Å². The van der Waals surface area contributed by atoms with Crippen molar-refractivity contribution in [2.75, 3.05) is 24.4 Å². The molecule has 2 heterocycles. The number of benzene rings is 1. The van der Waals surface area contributed by atoms with E-state index in [0.29, 0.717) is 42.5 Å². The number of carbonyl (C=O) groups excluding carboxylic acids is 1. The summed E-state index contributed by atoms with van der Waals surface area (Å²) < 4.78 is 31.8. The van der Waals surface area contributed by atoms with E-state index in [9.17, 15) is 13.9 Å². The number of rotatable bonds is 5. The normalized spacial score (nSPS) is 21.7. The number of amidine groups is 1. The van der Waals surface area contributed by atoms with Gasteiger partial charge in [-0.15, -0.1) is 4.40 Å². The fourth-order valence-electron chi connectivity index (χ4n) is 3.47. The summed E-state index contributed by atoms with van der Waals surface area (Å²) in [6.07, 6.45) is 2.55. The number of anilines is 1. The van der Waals surface area contributed by atoms with Crippen LogP contribution in [0.25, 0.3) is 0 Å². The Kier molecular flexibility index (Phi) is 8.06. The van der Waals surface area contributed by atoms with Crippen molar-refractivity contribution in [2.45, 2.75) is 33.1 Å². The Morgan fingerprint density at radius 2 is 2.25 bits per heavy atom. The maximum Gasteiger partial charge on any atom is 1.00 e. The third-order valence-corrected chi connectivity index (χ3v) is 5.63. The third-order valence-electron chi connectivity index (χ3n) is 4.68. The Balaban J connectivity index is 0.00000210. The molecule has 2 aliphatic heterocycles. The van der Waals surface area contributed by atoms with Crippen molar-refractivity contribution in [2.24, 2.45) is 22.0 Å². The first-order valence-electron chi connectivity index (χ1n) is 9.20. The summed E-state index contributed by atoms with van der Waals surface area (Å²) in [4.78, 5) is 14.3. The molecule has 1 atom stereocenters. The summed E-state index contributed by atoms with van der Waals surface area (Å²) in [5, 5.41) is 0. The molecule has 152 valence electrons. The van der Waals surface area contributed by atoms with Crippen LogP contribution in [-0.2, 0) is 4.79 Å². The average molecular weight is 421 g/mol. The van der Waals surface area contributed by atoms with Crippen LogP contribution in [0.5, 0.6) is 5.75 Å². The Morgan fingerprint density at radius 1 is 1.50 bits per heavy atom. The number of amides is 1. The van der Waals surface area contributed by atoms with E-state index in [1.54, 1.807) is 18.2 Å². The number of carbonyl (C=O) groups is 1. The molecule has 1 aromatic rings. The van der Waals surface area contributed by atoms with E-state index in [2.05, 4.69) is 23.0 Å². The number of likely N-dealkylation sites (tertiary alicyclic amines) is 1. The van der Waals surface area contributed by atoms with Crippen molar-refractivity contribution in [1.29, 1.82) is 0 Å². The summed E-state index contributed by atoms with van der Waals surface area (Å²) in [6, 6.07) is 5.24. The van der Waals surface area contributed by atoms with Gasteiger partial charge in [0.25, 0.3) is 0 Å². The Bertz CT molecular complexity index is 751. The van der Waals surface area contributed by atoms with Gasteiger partial charge in [-0.25, -0.2) is 0 Å². The van der Waals surface area contributed by atoms with Crippen LogP contribution < -0.4 is 44.7 Å². The van der Waals surface area contributed by atoms with Gasteiger partial charge in [0.15, 0.2) is 5.84 Å². The first-order chi connectivity index (χ1) is 12.7. The number of nitrogens with two attached hydrogens (primary N) is 1. The molecule has 0 saturated carbocycles. The molecule has 1 amide bonds. The minimum Gasteiger partial charge on any atom is -1.00 e. The quantitative estimate of drug-likeness (QED) is 0.505. The van der Waals surface area contributed by atoms with Gasteiger partial charge in [-0.1, -0.05) is 19.9 Å². The second-order valence-electron chi connectivity index (χ2n) is 7.53. The number of fused-ring (bicyclic) bond motifs is 1. The predicted molar refractivity (Wildman–Crippen MR) is 109 cm³/mol. The molecule has 2 aliphatic rings. The maximum absolute atomic E-state index is 12.3. The van der Waals surface area contributed by atoms with E-state index in [1.807, 2.05) is 4.90 Å². The van der Waals surface area contributed by atoms with E-state index in [0.717, 1.165) is 19.4 Å². The minimum atomic E-state index is -3.31. The van der Waals surface area contributed by atoms with E-state index >= 15 is 0 Å². The van der Waals surface area contributed by atoms with Crippen LogP contribution in [0.4, 0.5) is 5.69 Å². The first-order valence-corrected chi connectivity index (χ1v) is 10.7. The molecule has 0 bridgehead atoms. The number of nitrogens with one attached hydrogen (secondary N) is 1. The molecule has 1 saturated heterocycles. The Morgan fingerprint density at radius 3 is 2.96 bits per heavy atom. The van der Waals surface area contributed by atoms with Crippen LogP contribution in [0.15, 0.2) is 22.6 Å². The maximum atomic E-state index is 12.3. The van der Waals surface area contributed by atoms with Gasteiger partial charge >= 0.3 is 29.6 Å². The monoisotopic (exact) mass is 420 g/mol. The zero-order valence-electron chi connectivity index (χ0n) is 17.7. The fourth-order valence-corrected chi connectivity index (χ4v) is 4.34. The van der Waals surface area contributed by atoms with Crippen molar-refractivity contribution in [3.63, 3.8) is 0 Å². The van der Waals surface area contributed by atoms with Gasteiger partial charge in [-0.3, -0.25) is 18.6 Å². The molecular weight excluding hydrogens is 391 g/mol. The van der Waals surface area contributed by atoms with Crippen molar-refractivity contribution in [3.05, 3.63) is 23.8 Å². The number of nitrogens with zero attached hydrogens (tertiary/aromatic N) is 2. The van der Waals surface area contributed by atoms with Gasteiger partial charge in [-0.05, 0) is 41.9 Å². The van der Waals surface area contributed by atoms with Gasteiger partial charge < -0.3 is 16.8 Å². The van der Waals surface area contributed by atoms with Gasteiger partial charge in [0.2, 0.25) is 5.91 Å². The molecular formula is C18H29N4NaO4S. The molecule has 0 radical (unpaired) electrons. The van der Waals surface area contributed by atoms with Gasteiger partial charge in [0.05, 0.1) is 17.9 Å². The Hall–Kier alpha value is -0.970. The summed E-state index contributed by atoms with van der Waals surface area (Å²) >= 11 is 0. The third kappa shape index (κ3) is 5.77. The Labute approximate surface area is 191 Å². The van der Waals surface area contributed by atoms with E-state index in [1.165, 1.54) is 0 Å². The van der Waals surface area contributed by atoms with E-state index in [4.69, 9.17) is 10.5 Å². The second kappa shape index (κ2) is 9.69. The minimum absolute atomic E-state index is 0. The number of ether oxygens (including phenoxy) is 1. The van der Waals surface area contributed by atoms with Crippen molar-refractivity contribution < 1.29 is 49.6 Å². The summed E-state index contributed by atoms with van der Waals surface area (Å²) in [5.41, 5.74) is 6.94.